The van der Waals surface area contributed by atoms with Crippen molar-refractivity contribution in [3.05, 3.63) is 0 Å². The third-order valence-corrected chi connectivity index (χ3v) is 3.35. The molecule has 0 aliphatic carbocycles. The van der Waals surface area contributed by atoms with Gasteiger partial charge in [-0.05, 0) is 51.7 Å². The number of hydrogen-bond donors (Lipinski definition) is 1. The van der Waals surface area contributed by atoms with Crippen LogP contribution in [0.25, 0.3) is 0 Å². The van der Waals surface area contributed by atoms with E-state index in [4.69, 9.17) is 0 Å². The second-order valence-corrected chi connectivity index (χ2v) is 4.86. The summed E-state index contributed by atoms with van der Waals surface area (Å²) in [5.74, 6) is 0. The highest BCUT2D eigenvalue weighted by Gasteiger charge is 2.11. The minimum Gasteiger partial charge on any atom is -0.303 e. The molecule has 0 radical (unpaired) electrons. The maximum Gasteiger partial charge on any atom is 0.00171 e. The molecule has 13 heavy (non-hydrogen) atoms. The highest BCUT2D eigenvalue weighted by atomic mass is 32.1. The van der Waals surface area contributed by atoms with Crippen LogP contribution in [-0.2, 0) is 0 Å². The average Bonchev–Trinajstić information content (AvgIpc) is 2.57. The molecular formula is C11H23NS. The predicted molar refractivity (Wildman–Crippen MR) is 62.6 cm³/mol. The number of hydrogen-bond acceptors (Lipinski definition) is 2. The van der Waals surface area contributed by atoms with Crippen LogP contribution >= 0.6 is 12.6 Å². The largest absolute Gasteiger partial charge is 0.303 e. The van der Waals surface area contributed by atoms with Crippen molar-refractivity contribution in [2.24, 2.45) is 0 Å². The van der Waals surface area contributed by atoms with E-state index in [9.17, 15) is 0 Å². The van der Waals surface area contributed by atoms with Gasteiger partial charge in [0.1, 0.15) is 0 Å². The van der Waals surface area contributed by atoms with Gasteiger partial charge in [0.05, 0.1) is 0 Å². The maximum atomic E-state index is 4.57. The molecule has 1 unspecified atom stereocenters. The molecule has 1 saturated heterocycles. The minimum atomic E-state index is 0.646. The molecule has 0 bridgehead atoms. The molecule has 0 aromatic carbocycles. The lowest BCUT2D eigenvalue weighted by atomic mass is 10.1. The molecule has 1 rings (SSSR count). The Kier molecular flexibility index (Phi) is 5.88. The highest BCUT2D eigenvalue weighted by molar-refractivity contribution is 7.80. The zero-order valence-electron chi connectivity index (χ0n) is 8.84. The van der Waals surface area contributed by atoms with E-state index in [1.807, 2.05) is 0 Å². The third kappa shape index (κ3) is 4.92. The molecule has 0 N–H and O–H groups in total. The van der Waals surface area contributed by atoms with Crippen LogP contribution in [0.5, 0.6) is 0 Å². The van der Waals surface area contributed by atoms with Gasteiger partial charge in [-0.2, -0.15) is 12.6 Å². The Morgan fingerprint density at radius 2 is 1.92 bits per heavy atom. The van der Waals surface area contributed by atoms with Crippen LogP contribution in [0.1, 0.15) is 45.4 Å². The molecule has 2 heteroatoms. The van der Waals surface area contributed by atoms with Gasteiger partial charge in [0, 0.05) is 5.25 Å². The molecule has 1 heterocycles. The van der Waals surface area contributed by atoms with E-state index in [-0.39, 0.29) is 0 Å². The summed E-state index contributed by atoms with van der Waals surface area (Å²) >= 11 is 4.57. The first kappa shape index (κ1) is 11.4. The summed E-state index contributed by atoms with van der Waals surface area (Å²) in [4.78, 5) is 2.59. The van der Waals surface area contributed by atoms with Gasteiger partial charge in [0.25, 0.3) is 0 Å². The second kappa shape index (κ2) is 6.72. The van der Waals surface area contributed by atoms with E-state index in [2.05, 4.69) is 24.5 Å². The summed E-state index contributed by atoms with van der Waals surface area (Å²) in [6, 6.07) is 0. The second-order valence-electron chi connectivity index (χ2n) is 4.13. The zero-order valence-corrected chi connectivity index (χ0v) is 9.73. The third-order valence-electron chi connectivity index (χ3n) is 2.83. The standard InChI is InChI=1S/C11H23NS/c1-2-6-11(13)7-5-10-12-8-3-4-9-12/h11,13H,2-10H2,1H3. The van der Waals surface area contributed by atoms with Gasteiger partial charge in [-0.15, -0.1) is 0 Å². The fourth-order valence-corrected chi connectivity index (χ4v) is 2.48. The molecular weight excluding hydrogens is 178 g/mol. The molecule has 0 amide bonds. The molecule has 0 saturated carbocycles. The minimum absolute atomic E-state index is 0.646. The van der Waals surface area contributed by atoms with Crippen molar-refractivity contribution >= 4 is 12.6 Å². The van der Waals surface area contributed by atoms with Crippen LogP contribution in [0.2, 0.25) is 0 Å². The maximum absolute atomic E-state index is 4.57. The molecule has 0 aromatic heterocycles. The SMILES string of the molecule is CCCC(S)CCCN1CCCC1. The van der Waals surface area contributed by atoms with E-state index >= 15 is 0 Å². The van der Waals surface area contributed by atoms with Gasteiger partial charge in [-0.25, -0.2) is 0 Å². The van der Waals surface area contributed by atoms with Crippen molar-refractivity contribution in [3.63, 3.8) is 0 Å². The van der Waals surface area contributed by atoms with Crippen molar-refractivity contribution in [2.45, 2.75) is 50.7 Å². The molecule has 1 nitrogen and oxygen atoms in total. The summed E-state index contributed by atoms with van der Waals surface area (Å²) in [5, 5.41) is 0.646. The van der Waals surface area contributed by atoms with Crippen molar-refractivity contribution in [1.29, 1.82) is 0 Å². The van der Waals surface area contributed by atoms with Gasteiger partial charge in [0.15, 0.2) is 0 Å². The first-order valence-corrected chi connectivity index (χ1v) is 6.25. The van der Waals surface area contributed by atoms with E-state index in [1.165, 1.54) is 58.2 Å². The molecule has 1 atom stereocenters. The fraction of sp³-hybridized carbons (Fsp3) is 1.00. The number of rotatable bonds is 6. The Labute approximate surface area is 88.3 Å². The lowest BCUT2D eigenvalue weighted by molar-refractivity contribution is 0.329. The molecule has 1 aliphatic rings. The van der Waals surface area contributed by atoms with Crippen LogP contribution in [0.15, 0.2) is 0 Å². The first-order chi connectivity index (χ1) is 6.33. The number of likely N-dealkylation sites (tertiary alicyclic amines) is 1. The van der Waals surface area contributed by atoms with Crippen LogP contribution in [0.4, 0.5) is 0 Å². The average molecular weight is 201 g/mol. The van der Waals surface area contributed by atoms with Crippen LogP contribution in [0, 0.1) is 0 Å². The van der Waals surface area contributed by atoms with Crippen molar-refractivity contribution in [1.82, 2.24) is 4.90 Å². The normalized spacial score (nSPS) is 20.8. The lowest BCUT2D eigenvalue weighted by Gasteiger charge is -2.15. The smallest absolute Gasteiger partial charge is 0.00171 e. The molecule has 0 spiro atoms. The molecule has 1 fully saturated rings. The Hall–Kier alpha value is 0.310. The molecule has 78 valence electrons. The van der Waals surface area contributed by atoms with Gasteiger partial charge in [0.2, 0.25) is 0 Å². The molecule has 1 aliphatic heterocycles. The quantitative estimate of drug-likeness (QED) is 0.647. The van der Waals surface area contributed by atoms with Gasteiger partial charge in [-0.1, -0.05) is 13.3 Å². The van der Waals surface area contributed by atoms with Gasteiger partial charge < -0.3 is 4.90 Å². The first-order valence-electron chi connectivity index (χ1n) is 5.73. The Morgan fingerprint density at radius 3 is 2.54 bits per heavy atom. The van der Waals surface area contributed by atoms with Crippen molar-refractivity contribution in [2.75, 3.05) is 19.6 Å². The van der Waals surface area contributed by atoms with Gasteiger partial charge in [-0.3, -0.25) is 0 Å². The van der Waals surface area contributed by atoms with E-state index in [1.54, 1.807) is 0 Å². The summed E-state index contributed by atoms with van der Waals surface area (Å²) in [6.45, 7) is 6.22. The Balaban J connectivity index is 1.93. The van der Waals surface area contributed by atoms with Crippen LogP contribution < -0.4 is 0 Å². The Morgan fingerprint density at radius 1 is 1.23 bits per heavy atom. The van der Waals surface area contributed by atoms with E-state index in [0.717, 1.165) is 0 Å². The zero-order chi connectivity index (χ0) is 9.52. The van der Waals surface area contributed by atoms with E-state index in [0.29, 0.717) is 5.25 Å². The van der Waals surface area contributed by atoms with Crippen LogP contribution in [-0.4, -0.2) is 29.8 Å². The van der Waals surface area contributed by atoms with Crippen molar-refractivity contribution in [3.8, 4) is 0 Å². The van der Waals surface area contributed by atoms with Gasteiger partial charge >= 0.3 is 0 Å². The fourth-order valence-electron chi connectivity index (χ4n) is 2.03. The van der Waals surface area contributed by atoms with Crippen molar-refractivity contribution < 1.29 is 0 Å². The summed E-state index contributed by atoms with van der Waals surface area (Å²) in [5.41, 5.74) is 0. The predicted octanol–water partition coefficient (Wildman–Crippen LogP) is 2.96. The highest BCUT2D eigenvalue weighted by Crippen LogP contribution is 2.13. The summed E-state index contributed by atoms with van der Waals surface area (Å²) < 4.78 is 0. The monoisotopic (exact) mass is 201 g/mol. The summed E-state index contributed by atoms with van der Waals surface area (Å²) in [6.07, 6.45) is 8.03. The summed E-state index contributed by atoms with van der Waals surface area (Å²) in [7, 11) is 0. The molecule has 0 aromatic rings. The topological polar surface area (TPSA) is 3.24 Å². The van der Waals surface area contributed by atoms with E-state index < -0.39 is 0 Å². The lowest BCUT2D eigenvalue weighted by Crippen LogP contribution is -2.21. The number of nitrogens with zero attached hydrogens (tertiary/aromatic N) is 1. The Bertz CT molecular complexity index is 121. The van der Waals surface area contributed by atoms with Crippen LogP contribution in [0.3, 0.4) is 0 Å². The number of thiol groups is 1.